The quantitative estimate of drug-likeness (QED) is 0.874. The van der Waals surface area contributed by atoms with Crippen molar-refractivity contribution in [2.24, 2.45) is 17.8 Å². The number of nitrogens with zero attached hydrogens (tertiary/aromatic N) is 3. The smallest absolute Gasteiger partial charge is 0.307 e. The zero-order chi connectivity index (χ0) is 14.3. The van der Waals surface area contributed by atoms with Gasteiger partial charge in [-0.1, -0.05) is 6.92 Å². The van der Waals surface area contributed by atoms with Crippen molar-refractivity contribution in [3.05, 3.63) is 18.2 Å². The highest BCUT2D eigenvalue weighted by Gasteiger charge is 2.43. The van der Waals surface area contributed by atoms with Crippen molar-refractivity contribution in [1.29, 1.82) is 0 Å². The Labute approximate surface area is 117 Å². The van der Waals surface area contributed by atoms with Crippen LogP contribution in [0.3, 0.4) is 0 Å². The molecule has 1 fully saturated rings. The van der Waals surface area contributed by atoms with Crippen LogP contribution in [0.2, 0.25) is 0 Å². The molecule has 0 bridgehead atoms. The molecule has 1 aromatic heterocycles. The molecule has 0 saturated heterocycles. The number of hydrogen-bond acceptors (Lipinski definition) is 3. The molecule has 20 heavy (non-hydrogen) atoms. The van der Waals surface area contributed by atoms with Crippen molar-refractivity contribution in [1.82, 2.24) is 14.5 Å². The van der Waals surface area contributed by atoms with Crippen LogP contribution in [0, 0.1) is 17.8 Å². The van der Waals surface area contributed by atoms with Crippen molar-refractivity contribution in [3.8, 4) is 0 Å². The molecule has 1 aliphatic heterocycles. The van der Waals surface area contributed by atoms with Gasteiger partial charge in [0.15, 0.2) is 0 Å². The van der Waals surface area contributed by atoms with E-state index >= 15 is 0 Å². The van der Waals surface area contributed by atoms with Gasteiger partial charge in [0.25, 0.3) is 0 Å². The van der Waals surface area contributed by atoms with Gasteiger partial charge in [-0.05, 0) is 18.8 Å². The van der Waals surface area contributed by atoms with Crippen LogP contribution >= 0.6 is 0 Å². The van der Waals surface area contributed by atoms with Gasteiger partial charge < -0.3 is 14.6 Å². The molecule has 1 saturated carbocycles. The van der Waals surface area contributed by atoms with E-state index in [1.807, 2.05) is 17.7 Å². The number of carboxylic acid groups (broad SMARTS) is 1. The Morgan fingerprint density at radius 2 is 2.05 bits per heavy atom. The molecule has 1 aromatic rings. The summed E-state index contributed by atoms with van der Waals surface area (Å²) in [5, 5.41) is 9.29. The van der Waals surface area contributed by atoms with Crippen molar-refractivity contribution in [3.63, 3.8) is 0 Å². The zero-order valence-corrected chi connectivity index (χ0v) is 11.5. The number of aromatic nitrogens is 2. The molecule has 2 aliphatic rings. The van der Waals surface area contributed by atoms with Crippen molar-refractivity contribution >= 4 is 11.9 Å². The predicted octanol–water partition coefficient (Wildman–Crippen LogP) is 0.972. The molecule has 3 rings (SSSR count). The van der Waals surface area contributed by atoms with E-state index in [9.17, 15) is 14.7 Å². The lowest BCUT2D eigenvalue weighted by Gasteiger charge is -2.30. The molecule has 0 aromatic carbocycles. The molecule has 3 atom stereocenters. The van der Waals surface area contributed by atoms with Crippen LogP contribution in [-0.4, -0.2) is 38.0 Å². The highest BCUT2D eigenvalue weighted by atomic mass is 16.4. The molecule has 108 valence electrons. The van der Waals surface area contributed by atoms with Crippen LogP contribution < -0.4 is 0 Å². The van der Waals surface area contributed by atoms with E-state index < -0.39 is 11.9 Å². The number of carbonyl (C=O) groups is 2. The molecule has 0 spiro atoms. The summed E-state index contributed by atoms with van der Waals surface area (Å²) in [7, 11) is 0. The molecule has 1 unspecified atom stereocenters. The Morgan fingerprint density at radius 3 is 2.80 bits per heavy atom. The van der Waals surface area contributed by atoms with Gasteiger partial charge in [0.1, 0.15) is 5.82 Å². The topological polar surface area (TPSA) is 75.4 Å². The fraction of sp³-hybridized carbons (Fsp3) is 0.643. The van der Waals surface area contributed by atoms with Crippen molar-refractivity contribution in [2.45, 2.75) is 32.9 Å². The van der Waals surface area contributed by atoms with Crippen LogP contribution in [0.5, 0.6) is 0 Å². The Morgan fingerprint density at radius 1 is 1.30 bits per heavy atom. The molecule has 1 aliphatic carbocycles. The van der Waals surface area contributed by atoms with Crippen LogP contribution in [0.25, 0.3) is 0 Å². The summed E-state index contributed by atoms with van der Waals surface area (Å²) in [4.78, 5) is 29.9. The number of rotatable bonds is 2. The first-order chi connectivity index (χ1) is 9.56. The minimum atomic E-state index is -0.841. The fourth-order valence-corrected chi connectivity index (χ4v) is 3.43. The van der Waals surface area contributed by atoms with E-state index in [4.69, 9.17) is 0 Å². The van der Waals surface area contributed by atoms with E-state index in [0.717, 1.165) is 12.4 Å². The monoisotopic (exact) mass is 277 g/mol. The van der Waals surface area contributed by atoms with E-state index in [1.54, 1.807) is 11.1 Å². The first-order valence-electron chi connectivity index (χ1n) is 7.08. The van der Waals surface area contributed by atoms with Crippen LogP contribution in [0.1, 0.15) is 25.6 Å². The first-order valence-corrected chi connectivity index (χ1v) is 7.08. The van der Waals surface area contributed by atoms with Crippen molar-refractivity contribution in [2.75, 3.05) is 6.54 Å². The van der Waals surface area contributed by atoms with E-state index in [0.29, 0.717) is 31.8 Å². The summed E-state index contributed by atoms with van der Waals surface area (Å²) in [6.45, 7) is 3.88. The minimum Gasteiger partial charge on any atom is -0.481 e. The summed E-state index contributed by atoms with van der Waals surface area (Å²) < 4.78 is 2.04. The number of hydrogen-bond donors (Lipinski definition) is 1. The largest absolute Gasteiger partial charge is 0.481 e. The molecule has 6 heteroatoms. The first kappa shape index (κ1) is 13.1. The normalized spacial score (nSPS) is 29.2. The second kappa shape index (κ2) is 4.92. The van der Waals surface area contributed by atoms with Crippen LogP contribution in [-0.2, 0) is 22.7 Å². The van der Waals surface area contributed by atoms with Gasteiger partial charge in [-0.3, -0.25) is 9.59 Å². The van der Waals surface area contributed by atoms with Gasteiger partial charge in [-0.2, -0.15) is 0 Å². The Kier molecular flexibility index (Phi) is 3.23. The Hall–Kier alpha value is -1.85. The second-order valence-electron chi connectivity index (χ2n) is 5.92. The summed E-state index contributed by atoms with van der Waals surface area (Å²) in [6, 6.07) is 0. The zero-order valence-electron chi connectivity index (χ0n) is 11.5. The number of imidazole rings is 1. The van der Waals surface area contributed by atoms with Gasteiger partial charge in [-0.25, -0.2) is 4.98 Å². The van der Waals surface area contributed by atoms with Gasteiger partial charge >= 0.3 is 5.97 Å². The third-order valence-electron chi connectivity index (χ3n) is 4.49. The molecule has 0 radical (unpaired) electrons. The molecular weight excluding hydrogens is 258 g/mol. The summed E-state index contributed by atoms with van der Waals surface area (Å²) >= 11 is 0. The van der Waals surface area contributed by atoms with Crippen LogP contribution in [0.15, 0.2) is 12.4 Å². The van der Waals surface area contributed by atoms with Gasteiger partial charge in [0.2, 0.25) is 5.91 Å². The molecule has 1 amide bonds. The maximum atomic E-state index is 12.6. The molecular formula is C14H19N3O3. The number of fused-ring (bicyclic) bond motifs is 1. The average molecular weight is 277 g/mol. The Balaban J connectivity index is 1.74. The van der Waals surface area contributed by atoms with Crippen LogP contribution in [0.4, 0.5) is 0 Å². The number of carbonyl (C=O) groups excluding carboxylic acids is 1. The lowest BCUT2D eigenvalue weighted by Crippen LogP contribution is -2.43. The fourth-order valence-electron chi connectivity index (χ4n) is 3.43. The van der Waals surface area contributed by atoms with Gasteiger partial charge in [0, 0.05) is 25.5 Å². The lowest BCUT2D eigenvalue weighted by atomic mass is 9.94. The lowest BCUT2D eigenvalue weighted by molar-refractivity contribution is -0.149. The summed E-state index contributed by atoms with van der Waals surface area (Å²) in [5.74, 6) is -0.579. The number of aliphatic carboxylic acids is 1. The SMILES string of the molecule is CC1C[C@H](C(=O)N2CCn3ccnc3C2)[C@H](C(=O)O)C1. The maximum Gasteiger partial charge on any atom is 0.307 e. The average Bonchev–Trinajstić information content (AvgIpc) is 3.02. The maximum absolute atomic E-state index is 12.6. The molecule has 2 heterocycles. The van der Waals surface area contributed by atoms with E-state index in [1.165, 1.54) is 0 Å². The third kappa shape index (κ3) is 2.19. The van der Waals surface area contributed by atoms with E-state index in [2.05, 4.69) is 4.98 Å². The highest BCUT2D eigenvalue weighted by molar-refractivity contribution is 5.85. The Bertz CT molecular complexity index is 540. The number of amides is 1. The number of carboxylic acids is 1. The van der Waals surface area contributed by atoms with Gasteiger partial charge in [-0.15, -0.1) is 0 Å². The molecule has 6 nitrogen and oxygen atoms in total. The highest BCUT2D eigenvalue weighted by Crippen LogP contribution is 2.38. The van der Waals surface area contributed by atoms with Crippen molar-refractivity contribution < 1.29 is 14.7 Å². The summed E-state index contributed by atoms with van der Waals surface area (Å²) in [5.41, 5.74) is 0. The van der Waals surface area contributed by atoms with Gasteiger partial charge in [0.05, 0.1) is 18.4 Å². The standard InChI is InChI=1S/C14H19N3O3/c1-9-6-10(11(7-9)14(19)20)13(18)17-5-4-16-3-2-15-12(16)8-17/h2-3,9-11H,4-8H2,1H3,(H,19,20)/t9?,10-,11+/m0/s1. The second-order valence-corrected chi connectivity index (χ2v) is 5.92. The predicted molar refractivity (Wildman–Crippen MR) is 70.7 cm³/mol. The molecule has 1 N–H and O–H groups in total. The minimum absolute atomic E-state index is 0.0176. The summed E-state index contributed by atoms with van der Waals surface area (Å²) in [6.07, 6.45) is 4.94. The van der Waals surface area contributed by atoms with E-state index in [-0.39, 0.29) is 11.8 Å². The third-order valence-corrected chi connectivity index (χ3v) is 4.49.